The number of nitrogens with zero attached hydrogens (tertiary/aromatic N) is 1. The summed E-state index contributed by atoms with van der Waals surface area (Å²) in [6, 6.07) is 14.5. The van der Waals surface area contributed by atoms with Crippen LogP contribution in [0.5, 0.6) is 5.75 Å². The van der Waals surface area contributed by atoms with Gasteiger partial charge in [0.1, 0.15) is 10.6 Å². The van der Waals surface area contributed by atoms with Gasteiger partial charge in [-0.1, -0.05) is 41.9 Å². The molecular weight excluding hydrogens is 360 g/mol. The molecule has 3 rings (SSSR count). The first kappa shape index (κ1) is 18.2. The third kappa shape index (κ3) is 3.53. The molecule has 2 aromatic carbocycles. The Hall–Kier alpha value is -1.60. The number of nitrogens with two attached hydrogens (primary N) is 1. The Morgan fingerprint density at radius 3 is 2.56 bits per heavy atom. The van der Waals surface area contributed by atoms with Gasteiger partial charge in [0.2, 0.25) is 10.0 Å². The SMILES string of the molecule is COc1ccc(Cl)cc1S(=O)(=O)N1C[C@@H](CN)[C@H](c2ccccc2)C1. The van der Waals surface area contributed by atoms with Crippen molar-refractivity contribution in [1.82, 2.24) is 4.31 Å². The predicted molar refractivity (Wildman–Crippen MR) is 98.5 cm³/mol. The van der Waals surface area contributed by atoms with E-state index in [1.165, 1.54) is 17.5 Å². The molecule has 2 N–H and O–H groups in total. The van der Waals surface area contributed by atoms with Crippen LogP contribution in [0.15, 0.2) is 53.4 Å². The van der Waals surface area contributed by atoms with Gasteiger partial charge in [-0.3, -0.25) is 0 Å². The van der Waals surface area contributed by atoms with Gasteiger partial charge in [-0.15, -0.1) is 0 Å². The van der Waals surface area contributed by atoms with Gasteiger partial charge in [-0.05, 0) is 36.2 Å². The van der Waals surface area contributed by atoms with E-state index in [4.69, 9.17) is 22.1 Å². The molecule has 0 bridgehead atoms. The lowest BCUT2D eigenvalue weighted by Gasteiger charge is -2.18. The third-order valence-electron chi connectivity index (χ3n) is 4.68. The van der Waals surface area contributed by atoms with Crippen molar-refractivity contribution >= 4 is 21.6 Å². The number of rotatable bonds is 5. The molecule has 0 spiro atoms. The summed E-state index contributed by atoms with van der Waals surface area (Å²) in [5, 5.41) is 0.355. The monoisotopic (exact) mass is 380 g/mol. The van der Waals surface area contributed by atoms with Gasteiger partial charge >= 0.3 is 0 Å². The van der Waals surface area contributed by atoms with E-state index < -0.39 is 10.0 Å². The smallest absolute Gasteiger partial charge is 0.246 e. The second kappa shape index (κ2) is 7.33. The van der Waals surface area contributed by atoms with Crippen molar-refractivity contribution in [1.29, 1.82) is 0 Å². The van der Waals surface area contributed by atoms with E-state index in [0.29, 0.717) is 24.7 Å². The highest BCUT2D eigenvalue weighted by molar-refractivity contribution is 7.89. The van der Waals surface area contributed by atoms with Crippen molar-refractivity contribution in [3.8, 4) is 5.75 Å². The summed E-state index contributed by atoms with van der Waals surface area (Å²) in [5.74, 6) is 0.436. The predicted octanol–water partition coefficient (Wildman–Crippen LogP) is 2.71. The molecule has 0 amide bonds. The Morgan fingerprint density at radius 2 is 1.92 bits per heavy atom. The van der Waals surface area contributed by atoms with Crippen LogP contribution in [0.1, 0.15) is 11.5 Å². The molecule has 1 heterocycles. The van der Waals surface area contributed by atoms with Crippen LogP contribution in [0.4, 0.5) is 0 Å². The Balaban J connectivity index is 1.95. The lowest BCUT2D eigenvalue weighted by atomic mass is 9.89. The average molecular weight is 381 g/mol. The van der Waals surface area contributed by atoms with Crippen molar-refractivity contribution in [3.05, 3.63) is 59.1 Å². The Kier molecular flexibility index (Phi) is 5.34. The van der Waals surface area contributed by atoms with Gasteiger partial charge in [0.15, 0.2) is 0 Å². The first-order chi connectivity index (χ1) is 12.0. The molecule has 2 atom stereocenters. The molecule has 0 aliphatic carbocycles. The van der Waals surface area contributed by atoms with Crippen molar-refractivity contribution in [3.63, 3.8) is 0 Å². The molecule has 1 saturated heterocycles. The van der Waals surface area contributed by atoms with Gasteiger partial charge in [-0.25, -0.2) is 8.42 Å². The highest BCUT2D eigenvalue weighted by Crippen LogP contribution is 2.37. The molecule has 0 aromatic heterocycles. The maximum absolute atomic E-state index is 13.2. The minimum absolute atomic E-state index is 0.0716. The minimum Gasteiger partial charge on any atom is -0.495 e. The summed E-state index contributed by atoms with van der Waals surface area (Å²) >= 11 is 6.01. The largest absolute Gasteiger partial charge is 0.495 e. The summed E-state index contributed by atoms with van der Waals surface area (Å²) in [4.78, 5) is 0.0898. The first-order valence-corrected chi connectivity index (χ1v) is 9.88. The van der Waals surface area contributed by atoms with Crippen LogP contribution in [0.2, 0.25) is 5.02 Å². The molecule has 0 radical (unpaired) electrons. The third-order valence-corrected chi connectivity index (χ3v) is 6.77. The summed E-state index contributed by atoms with van der Waals surface area (Å²) in [5.41, 5.74) is 7.02. The second-order valence-corrected chi connectivity index (χ2v) is 8.47. The number of sulfonamides is 1. The van der Waals surface area contributed by atoms with Gasteiger partial charge in [0, 0.05) is 24.0 Å². The summed E-state index contributed by atoms with van der Waals surface area (Å²) in [7, 11) is -2.27. The Bertz CT molecular complexity index is 843. The van der Waals surface area contributed by atoms with E-state index in [1.807, 2.05) is 30.3 Å². The maximum atomic E-state index is 13.2. The number of methoxy groups -OCH3 is 1. The van der Waals surface area contributed by atoms with E-state index in [9.17, 15) is 8.42 Å². The Morgan fingerprint density at radius 1 is 1.20 bits per heavy atom. The van der Waals surface area contributed by atoms with Crippen LogP contribution in [0.25, 0.3) is 0 Å². The minimum atomic E-state index is -3.72. The van der Waals surface area contributed by atoms with E-state index in [0.717, 1.165) is 5.56 Å². The van der Waals surface area contributed by atoms with Gasteiger partial charge in [-0.2, -0.15) is 4.31 Å². The normalized spacial score (nSPS) is 21.4. The van der Waals surface area contributed by atoms with Crippen molar-refractivity contribution in [2.45, 2.75) is 10.8 Å². The summed E-state index contributed by atoms with van der Waals surface area (Å²) < 4.78 is 33.0. The van der Waals surface area contributed by atoms with Crippen LogP contribution >= 0.6 is 11.6 Å². The van der Waals surface area contributed by atoms with Gasteiger partial charge in [0.05, 0.1) is 7.11 Å². The zero-order valence-electron chi connectivity index (χ0n) is 13.9. The fourth-order valence-electron chi connectivity index (χ4n) is 3.34. The fraction of sp³-hybridized carbons (Fsp3) is 0.333. The summed E-state index contributed by atoms with van der Waals surface area (Å²) in [6.45, 7) is 1.20. The lowest BCUT2D eigenvalue weighted by molar-refractivity contribution is 0.397. The number of hydrogen-bond donors (Lipinski definition) is 1. The number of hydrogen-bond acceptors (Lipinski definition) is 4. The molecule has 25 heavy (non-hydrogen) atoms. The van der Waals surface area contributed by atoms with Crippen LogP contribution in [0.3, 0.4) is 0 Å². The second-order valence-electron chi connectivity index (χ2n) is 6.13. The van der Waals surface area contributed by atoms with Crippen molar-refractivity contribution in [2.75, 3.05) is 26.7 Å². The molecule has 1 aliphatic heterocycles. The quantitative estimate of drug-likeness (QED) is 0.865. The number of ether oxygens (including phenoxy) is 1. The highest BCUT2D eigenvalue weighted by atomic mass is 35.5. The Labute approximate surface area is 153 Å². The van der Waals surface area contributed by atoms with E-state index in [-0.39, 0.29) is 22.5 Å². The fourth-order valence-corrected chi connectivity index (χ4v) is 5.28. The highest BCUT2D eigenvalue weighted by Gasteiger charge is 2.40. The van der Waals surface area contributed by atoms with Crippen LogP contribution in [-0.4, -0.2) is 39.5 Å². The van der Waals surface area contributed by atoms with Crippen molar-refractivity contribution in [2.24, 2.45) is 11.7 Å². The maximum Gasteiger partial charge on any atom is 0.246 e. The zero-order valence-corrected chi connectivity index (χ0v) is 15.5. The van der Waals surface area contributed by atoms with E-state index >= 15 is 0 Å². The molecule has 2 aromatic rings. The van der Waals surface area contributed by atoms with E-state index in [2.05, 4.69) is 0 Å². The number of benzene rings is 2. The van der Waals surface area contributed by atoms with Gasteiger partial charge < -0.3 is 10.5 Å². The molecular formula is C18H21ClN2O3S. The van der Waals surface area contributed by atoms with Crippen LogP contribution < -0.4 is 10.5 Å². The lowest BCUT2D eigenvalue weighted by Crippen LogP contribution is -2.30. The molecule has 0 unspecified atom stereocenters. The van der Waals surface area contributed by atoms with Crippen molar-refractivity contribution < 1.29 is 13.2 Å². The zero-order chi connectivity index (χ0) is 18.0. The standard InChI is InChI=1S/C18H21ClN2O3S/c1-24-17-8-7-15(19)9-18(17)25(22,23)21-11-14(10-20)16(12-21)13-5-3-2-4-6-13/h2-9,14,16H,10-12,20H2,1H3/t14-,16+/m1/s1. The van der Waals surface area contributed by atoms with E-state index in [1.54, 1.807) is 12.1 Å². The van der Waals surface area contributed by atoms with Crippen LogP contribution in [0, 0.1) is 5.92 Å². The van der Waals surface area contributed by atoms with Gasteiger partial charge in [0.25, 0.3) is 0 Å². The first-order valence-electron chi connectivity index (χ1n) is 8.06. The van der Waals surface area contributed by atoms with Crippen LogP contribution in [-0.2, 0) is 10.0 Å². The molecule has 0 saturated carbocycles. The molecule has 1 aliphatic rings. The molecule has 7 heteroatoms. The number of halogens is 1. The average Bonchev–Trinajstić information content (AvgIpc) is 3.07. The topological polar surface area (TPSA) is 72.6 Å². The summed E-state index contributed by atoms with van der Waals surface area (Å²) in [6.07, 6.45) is 0. The molecule has 134 valence electrons. The molecule has 5 nitrogen and oxygen atoms in total. The molecule has 1 fully saturated rings.